The van der Waals surface area contributed by atoms with E-state index in [4.69, 9.17) is 11.6 Å². The summed E-state index contributed by atoms with van der Waals surface area (Å²) in [5.74, 6) is -4.59. The largest absolute Gasteiger partial charge is 0.417 e. The van der Waals surface area contributed by atoms with Gasteiger partial charge in [-0.3, -0.25) is 4.79 Å². The van der Waals surface area contributed by atoms with E-state index >= 15 is 0 Å². The van der Waals surface area contributed by atoms with Gasteiger partial charge in [0.05, 0.1) is 21.2 Å². The minimum absolute atomic E-state index is 0.159. The zero-order chi connectivity index (χ0) is 23.7. The van der Waals surface area contributed by atoms with Crippen molar-refractivity contribution in [3.63, 3.8) is 0 Å². The van der Waals surface area contributed by atoms with Gasteiger partial charge in [-0.2, -0.15) is 22.0 Å². The number of sulfone groups is 1. The molecular formula is C19H17ClF5N3O3S. The summed E-state index contributed by atoms with van der Waals surface area (Å²) in [5, 5.41) is 2.22. The number of alkyl halides is 5. The van der Waals surface area contributed by atoms with E-state index in [9.17, 15) is 35.2 Å². The molecule has 1 saturated heterocycles. The molecule has 2 aromatic rings. The Morgan fingerprint density at radius 3 is 2.38 bits per heavy atom. The smallest absolute Gasteiger partial charge is 0.355 e. The molecular weight excluding hydrogens is 481 g/mol. The second kappa shape index (κ2) is 9.18. The molecule has 6 nitrogen and oxygen atoms in total. The lowest BCUT2D eigenvalue weighted by Gasteiger charge is -2.32. The summed E-state index contributed by atoms with van der Waals surface area (Å²) >= 11 is 5.96. The molecule has 0 atom stereocenters. The Morgan fingerprint density at radius 2 is 1.81 bits per heavy atom. The second-order valence-corrected chi connectivity index (χ2v) is 9.37. The van der Waals surface area contributed by atoms with Crippen molar-refractivity contribution in [2.75, 3.05) is 23.3 Å². The monoisotopic (exact) mass is 497 g/mol. The summed E-state index contributed by atoms with van der Waals surface area (Å²) in [7, 11) is -4.91. The van der Waals surface area contributed by atoms with E-state index in [1.807, 2.05) is 0 Å². The maximum absolute atomic E-state index is 12.9. The van der Waals surface area contributed by atoms with Crippen molar-refractivity contribution in [3.05, 3.63) is 47.1 Å². The highest BCUT2D eigenvalue weighted by molar-refractivity contribution is 7.91. The summed E-state index contributed by atoms with van der Waals surface area (Å²) in [5.41, 5.74) is -1.22. The summed E-state index contributed by atoms with van der Waals surface area (Å²) in [6.07, 6.45) is -3.35. The molecule has 13 heteroatoms. The maximum atomic E-state index is 12.9. The van der Waals surface area contributed by atoms with Crippen LogP contribution in [-0.2, 0) is 20.8 Å². The Bertz CT molecular complexity index is 1100. The fourth-order valence-corrected chi connectivity index (χ4v) is 4.49. The molecule has 0 saturated carbocycles. The van der Waals surface area contributed by atoms with Crippen molar-refractivity contribution in [1.82, 2.24) is 4.98 Å². The third-order valence-corrected chi connectivity index (χ3v) is 6.72. The van der Waals surface area contributed by atoms with Gasteiger partial charge in [0, 0.05) is 25.2 Å². The van der Waals surface area contributed by atoms with Gasteiger partial charge in [-0.1, -0.05) is 23.7 Å². The van der Waals surface area contributed by atoms with Crippen LogP contribution >= 0.6 is 11.6 Å². The second-order valence-electron chi connectivity index (χ2n) is 7.08. The van der Waals surface area contributed by atoms with E-state index in [2.05, 4.69) is 10.3 Å². The van der Waals surface area contributed by atoms with Gasteiger partial charge in [0.2, 0.25) is 15.7 Å². The number of pyridine rings is 1. The van der Waals surface area contributed by atoms with Gasteiger partial charge in [0.25, 0.3) is 0 Å². The number of rotatable bonds is 5. The number of hydrogen-bond donors (Lipinski definition) is 1. The number of anilines is 2. The summed E-state index contributed by atoms with van der Waals surface area (Å²) < 4.78 is 87.8. The number of piperidine rings is 1. The molecule has 0 unspecified atom stereocenters. The highest BCUT2D eigenvalue weighted by Crippen LogP contribution is 2.35. The molecule has 1 aromatic carbocycles. The highest BCUT2D eigenvalue weighted by atomic mass is 35.5. The number of amides is 1. The number of benzene rings is 1. The molecule has 0 aliphatic carbocycles. The SMILES string of the molecule is O=C(Nc1ccccc1S(=O)(=O)C(F)F)C1CCN(c2ncc(C(F)(F)F)cc2Cl)CC1. The molecule has 3 rings (SSSR count). The number of para-hydroxylation sites is 1. The fraction of sp³-hybridized carbons (Fsp3) is 0.368. The third-order valence-electron chi connectivity index (χ3n) is 5.00. The van der Waals surface area contributed by atoms with Crippen LogP contribution in [0.3, 0.4) is 0 Å². The van der Waals surface area contributed by atoms with Crippen molar-refractivity contribution >= 4 is 38.9 Å². The van der Waals surface area contributed by atoms with Crippen LogP contribution in [0.1, 0.15) is 18.4 Å². The summed E-state index contributed by atoms with van der Waals surface area (Å²) in [6.45, 7) is 0.514. The molecule has 32 heavy (non-hydrogen) atoms. The van der Waals surface area contributed by atoms with Crippen molar-refractivity contribution in [2.45, 2.75) is 29.7 Å². The molecule has 174 valence electrons. The van der Waals surface area contributed by atoms with Crippen molar-refractivity contribution in [1.29, 1.82) is 0 Å². The first kappa shape index (κ1) is 24.2. The summed E-state index contributed by atoms with van der Waals surface area (Å²) in [4.78, 5) is 17.4. The molecule has 1 aromatic heterocycles. The van der Waals surface area contributed by atoms with Crippen molar-refractivity contribution in [2.24, 2.45) is 5.92 Å². The van der Waals surface area contributed by atoms with Crippen LogP contribution in [0.5, 0.6) is 0 Å². The number of nitrogens with zero attached hydrogens (tertiary/aromatic N) is 2. The topological polar surface area (TPSA) is 79.4 Å². The normalized spacial score (nSPS) is 15.8. The number of halogens is 6. The van der Waals surface area contributed by atoms with Crippen LogP contribution in [0, 0.1) is 5.92 Å². The van der Waals surface area contributed by atoms with E-state index in [0.717, 1.165) is 12.1 Å². The summed E-state index contributed by atoms with van der Waals surface area (Å²) in [6, 6.07) is 5.65. The van der Waals surface area contributed by atoms with Gasteiger partial charge in [-0.05, 0) is 31.0 Å². The molecule has 0 radical (unpaired) electrons. The van der Waals surface area contributed by atoms with Gasteiger partial charge in [0.15, 0.2) is 0 Å². The van der Waals surface area contributed by atoms with Gasteiger partial charge in [-0.15, -0.1) is 0 Å². The first-order chi connectivity index (χ1) is 14.9. The van der Waals surface area contributed by atoms with Gasteiger partial charge in [-0.25, -0.2) is 13.4 Å². The number of carbonyl (C=O) groups excluding carboxylic acids is 1. The Kier molecular flexibility index (Phi) is 6.94. The average molecular weight is 498 g/mol. The molecule has 1 fully saturated rings. The molecule has 2 heterocycles. The van der Waals surface area contributed by atoms with Gasteiger partial charge >= 0.3 is 11.9 Å². The van der Waals surface area contributed by atoms with E-state index < -0.39 is 44.1 Å². The lowest BCUT2D eigenvalue weighted by molar-refractivity contribution is -0.137. The first-order valence-electron chi connectivity index (χ1n) is 9.31. The highest BCUT2D eigenvalue weighted by Gasteiger charge is 2.34. The minimum Gasteiger partial charge on any atom is -0.355 e. The fourth-order valence-electron chi connectivity index (χ4n) is 3.32. The number of nitrogens with one attached hydrogen (secondary N) is 1. The minimum atomic E-state index is -4.91. The quantitative estimate of drug-likeness (QED) is 0.611. The third kappa shape index (κ3) is 5.12. The van der Waals surface area contributed by atoms with Crippen LogP contribution in [-0.4, -0.2) is 38.2 Å². The predicted molar refractivity (Wildman–Crippen MR) is 107 cm³/mol. The van der Waals surface area contributed by atoms with E-state index in [-0.39, 0.29) is 42.5 Å². The zero-order valence-corrected chi connectivity index (χ0v) is 17.8. The predicted octanol–water partition coefficient (Wildman–Crippen LogP) is 4.61. The molecule has 0 bridgehead atoms. The van der Waals surface area contributed by atoms with Crippen LogP contribution in [0.25, 0.3) is 0 Å². The van der Waals surface area contributed by atoms with E-state index in [0.29, 0.717) is 6.20 Å². The standard InChI is InChI=1S/C19H17ClF5N3O3S/c20-13-9-12(19(23,24)25)10-26-16(13)28-7-5-11(6-8-28)17(29)27-14-3-1-2-4-15(14)32(30,31)18(21)22/h1-4,9-11,18H,5-8H2,(H,27,29). The number of aromatic nitrogens is 1. The maximum Gasteiger partial charge on any atom is 0.417 e. The lowest BCUT2D eigenvalue weighted by Crippen LogP contribution is -2.39. The van der Waals surface area contributed by atoms with Crippen LogP contribution < -0.4 is 10.2 Å². The Morgan fingerprint density at radius 1 is 1.19 bits per heavy atom. The number of hydrogen-bond acceptors (Lipinski definition) is 5. The van der Waals surface area contributed by atoms with Crippen molar-refractivity contribution < 1.29 is 35.2 Å². The average Bonchev–Trinajstić information content (AvgIpc) is 2.73. The van der Waals surface area contributed by atoms with Gasteiger partial charge in [0.1, 0.15) is 5.82 Å². The molecule has 0 spiro atoms. The molecule has 1 N–H and O–H groups in total. The molecule has 1 aliphatic rings. The number of carbonyl (C=O) groups is 1. The Labute approximate surface area is 185 Å². The molecule has 1 amide bonds. The van der Waals surface area contributed by atoms with Crippen molar-refractivity contribution in [3.8, 4) is 0 Å². The van der Waals surface area contributed by atoms with E-state index in [1.54, 1.807) is 4.90 Å². The Hall–Kier alpha value is -2.47. The first-order valence-corrected chi connectivity index (χ1v) is 11.2. The molecule has 1 aliphatic heterocycles. The van der Waals surface area contributed by atoms with Gasteiger partial charge < -0.3 is 10.2 Å². The van der Waals surface area contributed by atoms with Crippen LogP contribution in [0.4, 0.5) is 33.5 Å². The lowest BCUT2D eigenvalue weighted by atomic mass is 9.95. The van der Waals surface area contributed by atoms with Crippen LogP contribution in [0.15, 0.2) is 41.4 Å². The Balaban J connectivity index is 1.68. The zero-order valence-electron chi connectivity index (χ0n) is 16.2. The van der Waals surface area contributed by atoms with E-state index in [1.165, 1.54) is 18.2 Å². The van der Waals surface area contributed by atoms with Crippen LogP contribution in [0.2, 0.25) is 5.02 Å².